The maximum Gasteiger partial charge on any atom is 0.255 e. The SMILES string of the molecule is COc1ccc(N2CCOCC2)c(NC(=O)c2cccc(Cl)c2)c1. The van der Waals surface area contributed by atoms with Crippen LogP contribution < -0.4 is 15.0 Å². The zero-order chi connectivity index (χ0) is 16.9. The van der Waals surface area contributed by atoms with Crippen molar-refractivity contribution in [2.24, 2.45) is 0 Å². The Morgan fingerprint density at radius 3 is 2.71 bits per heavy atom. The molecule has 3 rings (SSSR count). The molecule has 2 aromatic carbocycles. The molecule has 0 spiro atoms. The van der Waals surface area contributed by atoms with Crippen molar-refractivity contribution >= 4 is 28.9 Å². The molecule has 0 aliphatic carbocycles. The van der Waals surface area contributed by atoms with Crippen molar-refractivity contribution < 1.29 is 14.3 Å². The van der Waals surface area contributed by atoms with Crippen LogP contribution in [0.4, 0.5) is 11.4 Å². The van der Waals surface area contributed by atoms with Gasteiger partial charge in [0.2, 0.25) is 0 Å². The molecule has 126 valence electrons. The fourth-order valence-electron chi connectivity index (χ4n) is 2.65. The van der Waals surface area contributed by atoms with E-state index < -0.39 is 0 Å². The molecule has 0 saturated carbocycles. The molecule has 1 aliphatic heterocycles. The lowest BCUT2D eigenvalue weighted by Gasteiger charge is -2.30. The monoisotopic (exact) mass is 346 g/mol. The summed E-state index contributed by atoms with van der Waals surface area (Å²) in [6.45, 7) is 2.92. The quantitative estimate of drug-likeness (QED) is 0.921. The molecular formula is C18H19ClN2O3. The molecule has 0 aromatic heterocycles. The number of rotatable bonds is 4. The first kappa shape index (κ1) is 16.6. The normalized spacial score (nSPS) is 14.3. The van der Waals surface area contributed by atoms with Crippen molar-refractivity contribution in [3.63, 3.8) is 0 Å². The Balaban J connectivity index is 1.88. The largest absolute Gasteiger partial charge is 0.497 e. The van der Waals surface area contributed by atoms with Gasteiger partial charge in [0.05, 0.1) is 31.7 Å². The molecule has 1 fully saturated rings. The van der Waals surface area contributed by atoms with E-state index in [0.717, 1.165) is 18.8 Å². The number of amides is 1. The van der Waals surface area contributed by atoms with Crippen molar-refractivity contribution in [3.05, 3.63) is 53.1 Å². The van der Waals surface area contributed by atoms with Crippen LogP contribution in [-0.2, 0) is 4.74 Å². The van der Waals surface area contributed by atoms with Crippen LogP contribution in [0.5, 0.6) is 5.75 Å². The predicted molar refractivity (Wildman–Crippen MR) is 95.4 cm³/mol. The number of halogens is 1. The second-order valence-corrected chi connectivity index (χ2v) is 5.88. The van der Waals surface area contributed by atoms with Crippen LogP contribution in [0.2, 0.25) is 5.02 Å². The van der Waals surface area contributed by atoms with Gasteiger partial charge >= 0.3 is 0 Å². The minimum absolute atomic E-state index is 0.208. The maximum absolute atomic E-state index is 12.5. The summed E-state index contributed by atoms with van der Waals surface area (Å²) in [5, 5.41) is 3.50. The van der Waals surface area contributed by atoms with Crippen LogP contribution in [0.25, 0.3) is 0 Å². The maximum atomic E-state index is 12.5. The molecule has 0 bridgehead atoms. The molecule has 2 aromatic rings. The van der Waals surface area contributed by atoms with E-state index in [1.807, 2.05) is 18.2 Å². The van der Waals surface area contributed by atoms with E-state index in [0.29, 0.717) is 35.2 Å². The van der Waals surface area contributed by atoms with E-state index >= 15 is 0 Å². The Labute approximate surface area is 146 Å². The van der Waals surface area contributed by atoms with Gasteiger partial charge < -0.3 is 19.7 Å². The molecule has 1 N–H and O–H groups in total. The Morgan fingerprint density at radius 2 is 2.00 bits per heavy atom. The standard InChI is InChI=1S/C18H19ClN2O3/c1-23-15-5-6-17(21-7-9-24-10-8-21)16(12-15)20-18(22)13-3-2-4-14(19)11-13/h2-6,11-12H,7-10H2,1H3,(H,20,22). The van der Waals surface area contributed by atoms with Gasteiger partial charge in [-0.3, -0.25) is 4.79 Å². The van der Waals surface area contributed by atoms with Crippen molar-refractivity contribution in [2.75, 3.05) is 43.6 Å². The second kappa shape index (κ2) is 7.55. The number of hydrogen-bond acceptors (Lipinski definition) is 4. The van der Waals surface area contributed by atoms with Gasteiger partial charge in [0, 0.05) is 29.7 Å². The molecule has 1 heterocycles. The van der Waals surface area contributed by atoms with Gasteiger partial charge in [-0.05, 0) is 30.3 Å². The number of carbonyl (C=O) groups excluding carboxylic acids is 1. The Bertz CT molecular complexity index is 730. The van der Waals surface area contributed by atoms with Crippen molar-refractivity contribution in [2.45, 2.75) is 0 Å². The third-order valence-corrected chi connectivity index (χ3v) is 4.13. The smallest absolute Gasteiger partial charge is 0.255 e. The van der Waals surface area contributed by atoms with E-state index in [9.17, 15) is 4.79 Å². The molecular weight excluding hydrogens is 328 g/mol. The lowest BCUT2D eigenvalue weighted by atomic mass is 10.1. The molecule has 1 aliphatic rings. The topological polar surface area (TPSA) is 50.8 Å². The highest BCUT2D eigenvalue weighted by Crippen LogP contribution is 2.31. The molecule has 0 unspecified atom stereocenters. The number of carbonyl (C=O) groups is 1. The molecule has 6 heteroatoms. The van der Waals surface area contributed by atoms with Gasteiger partial charge in [-0.1, -0.05) is 17.7 Å². The van der Waals surface area contributed by atoms with E-state index in [1.165, 1.54) is 0 Å². The molecule has 0 radical (unpaired) electrons. The summed E-state index contributed by atoms with van der Waals surface area (Å²) in [4.78, 5) is 14.7. The summed E-state index contributed by atoms with van der Waals surface area (Å²) in [5.74, 6) is 0.480. The predicted octanol–water partition coefficient (Wildman–Crippen LogP) is 3.44. The lowest BCUT2D eigenvalue weighted by molar-refractivity contribution is 0.102. The highest BCUT2D eigenvalue weighted by molar-refractivity contribution is 6.31. The summed E-state index contributed by atoms with van der Waals surface area (Å²) in [6.07, 6.45) is 0. The van der Waals surface area contributed by atoms with Gasteiger partial charge in [0.25, 0.3) is 5.91 Å². The molecule has 0 atom stereocenters. The van der Waals surface area contributed by atoms with Crippen molar-refractivity contribution in [1.82, 2.24) is 0 Å². The van der Waals surface area contributed by atoms with Crippen LogP contribution in [0, 0.1) is 0 Å². The zero-order valence-electron chi connectivity index (χ0n) is 13.4. The summed E-state index contributed by atoms with van der Waals surface area (Å²) >= 11 is 5.97. The van der Waals surface area contributed by atoms with Gasteiger partial charge in [-0.25, -0.2) is 0 Å². The fraction of sp³-hybridized carbons (Fsp3) is 0.278. The third-order valence-electron chi connectivity index (χ3n) is 3.89. The van der Waals surface area contributed by atoms with Crippen LogP contribution in [0.1, 0.15) is 10.4 Å². The highest BCUT2D eigenvalue weighted by atomic mass is 35.5. The number of nitrogens with zero attached hydrogens (tertiary/aromatic N) is 1. The third kappa shape index (κ3) is 3.80. The number of methoxy groups -OCH3 is 1. The van der Waals surface area contributed by atoms with Gasteiger partial charge in [0.1, 0.15) is 5.75 Å². The van der Waals surface area contributed by atoms with Gasteiger partial charge in [-0.15, -0.1) is 0 Å². The summed E-state index contributed by atoms with van der Waals surface area (Å²) in [6, 6.07) is 12.5. The number of nitrogens with one attached hydrogen (secondary N) is 1. The number of ether oxygens (including phenoxy) is 2. The van der Waals surface area contributed by atoms with Crippen molar-refractivity contribution in [3.8, 4) is 5.75 Å². The Hall–Kier alpha value is -2.24. The minimum Gasteiger partial charge on any atom is -0.497 e. The van der Waals surface area contributed by atoms with E-state index in [-0.39, 0.29) is 5.91 Å². The Morgan fingerprint density at radius 1 is 1.21 bits per heavy atom. The zero-order valence-corrected chi connectivity index (χ0v) is 14.2. The first-order valence-electron chi connectivity index (χ1n) is 7.75. The number of morpholine rings is 1. The first-order chi connectivity index (χ1) is 11.7. The van der Waals surface area contributed by atoms with E-state index in [1.54, 1.807) is 31.4 Å². The average molecular weight is 347 g/mol. The van der Waals surface area contributed by atoms with Crippen LogP contribution in [-0.4, -0.2) is 39.3 Å². The number of anilines is 2. The lowest BCUT2D eigenvalue weighted by Crippen LogP contribution is -2.36. The molecule has 24 heavy (non-hydrogen) atoms. The van der Waals surface area contributed by atoms with E-state index in [2.05, 4.69) is 10.2 Å². The van der Waals surface area contributed by atoms with Crippen LogP contribution in [0.3, 0.4) is 0 Å². The average Bonchev–Trinajstić information content (AvgIpc) is 2.62. The van der Waals surface area contributed by atoms with Gasteiger partial charge in [-0.2, -0.15) is 0 Å². The highest BCUT2D eigenvalue weighted by Gasteiger charge is 2.17. The Kier molecular flexibility index (Phi) is 5.23. The molecule has 1 saturated heterocycles. The van der Waals surface area contributed by atoms with Gasteiger partial charge in [0.15, 0.2) is 0 Å². The van der Waals surface area contributed by atoms with Crippen LogP contribution >= 0.6 is 11.6 Å². The molecule has 5 nitrogen and oxygen atoms in total. The van der Waals surface area contributed by atoms with Crippen LogP contribution in [0.15, 0.2) is 42.5 Å². The summed E-state index contributed by atoms with van der Waals surface area (Å²) < 4.78 is 10.7. The fourth-order valence-corrected chi connectivity index (χ4v) is 2.84. The summed E-state index contributed by atoms with van der Waals surface area (Å²) in [5.41, 5.74) is 2.17. The minimum atomic E-state index is -0.208. The van der Waals surface area contributed by atoms with E-state index in [4.69, 9.17) is 21.1 Å². The van der Waals surface area contributed by atoms with Crippen molar-refractivity contribution in [1.29, 1.82) is 0 Å². The second-order valence-electron chi connectivity index (χ2n) is 5.45. The first-order valence-corrected chi connectivity index (χ1v) is 8.13. The number of benzene rings is 2. The molecule has 1 amide bonds. The number of hydrogen-bond donors (Lipinski definition) is 1. The summed E-state index contributed by atoms with van der Waals surface area (Å²) in [7, 11) is 1.60.